The van der Waals surface area contributed by atoms with Gasteiger partial charge >= 0.3 is 5.97 Å². The second-order valence-electron chi connectivity index (χ2n) is 5.71. The van der Waals surface area contributed by atoms with Gasteiger partial charge in [-0.25, -0.2) is 4.79 Å². The van der Waals surface area contributed by atoms with E-state index in [0.717, 1.165) is 6.07 Å². The van der Waals surface area contributed by atoms with Gasteiger partial charge in [0, 0.05) is 31.9 Å². The molecule has 0 atom stereocenters. The SMILES string of the molecule is COc1ccc(NC(=O)COC(=O)c2cc([N+](=O)[O-])ccc2N(C)C)cc1. The van der Waals surface area contributed by atoms with E-state index in [1.54, 1.807) is 43.3 Å². The molecule has 0 saturated heterocycles. The summed E-state index contributed by atoms with van der Waals surface area (Å²) in [5.74, 6) is -0.723. The third-order valence-corrected chi connectivity index (χ3v) is 3.60. The second-order valence-corrected chi connectivity index (χ2v) is 5.71. The standard InChI is InChI=1S/C18H19N3O6/c1-20(2)16-9-6-13(21(24)25)10-15(16)18(23)27-11-17(22)19-12-4-7-14(26-3)8-5-12/h4-10H,11H2,1-3H3,(H,19,22). The van der Waals surface area contributed by atoms with Crippen LogP contribution >= 0.6 is 0 Å². The van der Waals surface area contributed by atoms with Gasteiger partial charge in [-0.15, -0.1) is 0 Å². The Labute approximate surface area is 155 Å². The van der Waals surface area contributed by atoms with Crippen LogP contribution in [-0.2, 0) is 9.53 Å². The number of carbonyl (C=O) groups excluding carboxylic acids is 2. The highest BCUT2D eigenvalue weighted by Crippen LogP contribution is 2.25. The Morgan fingerprint density at radius 3 is 2.37 bits per heavy atom. The van der Waals surface area contributed by atoms with E-state index >= 15 is 0 Å². The molecule has 0 aromatic heterocycles. The normalized spacial score (nSPS) is 10.0. The molecule has 2 aromatic rings. The van der Waals surface area contributed by atoms with Gasteiger partial charge in [-0.3, -0.25) is 14.9 Å². The lowest BCUT2D eigenvalue weighted by Crippen LogP contribution is -2.22. The number of amides is 1. The molecule has 2 aromatic carbocycles. The minimum atomic E-state index is -0.827. The van der Waals surface area contributed by atoms with E-state index in [0.29, 0.717) is 17.1 Å². The summed E-state index contributed by atoms with van der Waals surface area (Å²) in [4.78, 5) is 36.2. The number of methoxy groups -OCH3 is 1. The molecule has 142 valence electrons. The van der Waals surface area contributed by atoms with Gasteiger partial charge in [0.25, 0.3) is 11.6 Å². The Balaban J connectivity index is 2.04. The summed E-state index contributed by atoms with van der Waals surface area (Å²) >= 11 is 0. The van der Waals surface area contributed by atoms with E-state index in [2.05, 4.69) is 5.32 Å². The fraction of sp³-hybridized carbons (Fsp3) is 0.222. The smallest absolute Gasteiger partial charge is 0.341 e. The number of carbonyl (C=O) groups is 2. The number of non-ortho nitro benzene ring substituents is 1. The van der Waals surface area contributed by atoms with Gasteiger partial charge in [-0.1, -0.05) is 0 Å². The molecule has 0 aliphatic carbocycles. The van der Waals surface area contributed by atoms with Crippen molar-refractivity contribution in [2.75, 3.05) is 38.0 Å². The van der Waals surface area contributed by atoms with E-state index in [9.17, 15) is 19.7 Å². The van der Waals surface area contributed by atoms with Gasteiger partial charge in [0.05, 0.1) is 23.3 Å². The highest BCUT2D eigenvalue weighted by molar-refractivity contribution is 5.99. The van der Waals surface area contributed by atoms with Crippen LogP contribution in [0.25, 0.3) is 0 Å². The Kier molecular flexibility index (Phi) is 6.32. The predicted molar refractivity (Wildman–Crippen MR) is 99.3 cm³/mol. The highest BCUT2D eigenvalue weighted by Gasteiger charge is 2.20. The zero-order valence-corrected chi connectivity index (χ0v) is 15.1. The minimum absolute atomic E-state index is 0.00597. The van der Waals surface area contributed by atoms with Crippen LogP contribution in [0.3, 0.4) is 0 Å². The van der Waals surface area contributed by atoms with Crippen LogP contribution in [0.5, 0.6) is 5.75 Å². The van der Waals surface area contributed by atoms with Gasteiger partial charge in [0.2, 0.25) is 0 Å². The number of ether oxygens (including phenoxy) is 2. The number of benzene rings is 2. The molecular formula is C18H19N3O6. The summed E-state index contributed by atoms with van der Waals surface area (Å²) in [6, 6.07) is 10.5. The first-order valence-corrected chi connectivity index (χ1v) is 7.88. The van der Waals surface area contributed by atoms with Gasteiger partial charge in [0.15, 0.2) is 6.61 Å². The van der Waals surface area contributed by atoms with Crippen molar-refractivity contribution in [3.8, 4) is 5.75 Å². The fourth-order valence-corrected chi connectivity index (χ4v) is 2.27. The molecule has 0 bridgehead atoms. The molecule has 9 heteroatoms. The molecule has 0 radical (unpaired) electrons. The molecular weight excluding hydrogens is 354 g/mol. The van der Waals surface area contributed by atoms with Gasteiger partial charge in [-0.2, -0.15) is 0 Å². The van der Waals surface area contributed by atoms with Crippen molar-refractivity contribution in [2.24, 2.45) is 0 Å². The number of esters is 1. The molecule has 0 unspecified atom stereocenters. The van der Waals surface area contributed by atoms with Crippen molar-refractivity contribution in [1.29, 1.82) is 0 Å². The number of nitro benzene ring substituents is 1. The van der Waals surface area contributed by atoms with Crippen LogP contribution in [0.1, 0.15) is 10.4 Å². The maximum atomic E-state index is 12.3. The molecule has 27 heavy (non-hydrogen) atoms. The largest absolute Gasteiger partial charge is 0.497 e. The fourth-order valence-electron chi connectivity index (χ4n) is 2.27. The monoisotopic (exact) mass is 373 g/mol. The van der Waals surface area contributed by atoms with E-state index in [1.807, 2.05) is 0 Å². The number of hydrogen-bond acceptors (Lipinski definition) is 7. The molecule has 2 rings (SSSR count). The summed E-state index contributed by atoms with van der Waals surface area (Å²) in [7, 11) is 4.91. The topological polar surface area (TPSA) is 111 Å². The first-order chi connectivity index (χ1) is 12.8. The number of nitro groups is 1. The van der Waals surface area contributed by atoms with Crippen LogP contribution in [0.15, 0.2) is 42.5 Å². The summed E-state index contributed by atoms with van der Waals surface area (Å²) in [6.45, 7) is -0.527. The van der Waals surface area contributed by atoms with Crippen LogP contribution < -0.4 is 15.0 Å². The molecule has 0 aliphatic heterocycles. The lowest BCUT2D eigenvalue weighted by Gasteiger charge is -2.16. The van der Waals surface area contributed by atoms with Crippen molar-refractivity contribution in [3.05, 3.63) is 58.1 Å². The third kappa shape index (κ3) is 5.18. The van der Waals surface area contributed by atoms with E-state index in [4.69, 9.17) is 9.47 Å². The van der Waals surface area contributed by atoms with Crippen molar-refractivity contribution in [3.63, 3.8) is 0 Å². The average Bonchev–Trinajstić information content (AvgIpc) is 2.66. The lowest BCUT2D eigenvalue weighted by molar-refractivity contribution is -0.384. The number of nitrogens with zero attached hydrogens (tertiary/aromatic N) is 2. The zero-order chi connectivity index (χ0) is 20.0. The van der Waals surface area contributed by atoms with E-state index < -0.39 is 23.4 Å². The molecule has 0 saturated carbocycles. The number of rotatable bonds is 7. The van der Waals surface area contributed by atoms with Crippen LogP contribution in [0.2, 0.25) is 0 Å². The molecule has 0 aliphatic rings. The molecule has 0 heterocycles. The molecule has 0 fully saturated rings. The molecule has 9 nitrogen and oxygen atoms in total. The van der Waals surface area contributed by atoms with Crippen molar-refractivity contribution >= 4 is 28.9 Å². The van der Waals surface area contributed by atoms with E-state index in [-0.39, 0.29) is 11.3 Å². The maximum Gasteiger partial charge on any atom is 0.341 e. The highest BCUT2D eigenvalue weighted by atomic mass is 16.6. The van der Waals surface area contributed by atoms with Crippen molar-refractivity contribution in [1.82, 2.24) is 0 Å². The number of hydrogen-bond donors (Lipinski definition) is 1. The first kappa shape index (κ1) is 19.7. The maximum absolute atomic E-state index is 12.3. The Morgan fingerprint density at radius 2 is 1.81 bits per heavy atom. The number of anilines is 2. The van der Waals surface area contributed by atoms with Crippen LogP contribution in [0.4, 0.5) is 17.1 Å². The lowest BCUT2D eigenvalue weighted by atomic mass is 10.1. The quantitative estimate of drug-likeness (QED) is 0.451. The second kappa shape index (κ2) is 8.65. The van der Waals surface area contributed by atoms with Crippen molar-refractivity contribution < 1.29 is 24.0 Å². The van der Waals surface area contributed by atoms with Crippen molar-refractivity contribution in [2.45, 2.75) is 0 Å². The van der Waals surface area contributed by atoms with Crippen LogP contribution in [0, 0.1) is 10.1 Å². The van der Waals surface area contributed by atoms with Gasteiger partial charge in [-0.05, 0) is 30.3 Å². The first-order valence-electron chi connectivity index (χ1n) is 7.88. The predicted octanol–water partition coefficient (Wildman–Crippen LogP) is 2.46. The van der Waals surface area contributed by atoms with E-state index in [1.165, 1.54) is 19.2 Å². The number of nitrogens with one attached hydrogen (secondary N) is 1. The van der Waals surface area contributed by atoms with Crippen LogP contribution in [-0.4, -0.2) is 44.6 Å². The summed E-state index contributed by atoms with van der Waals surface area (Å²) in [5, 5.41) is 13.5. The molecule has 1 amide bonds. The molecule has 0 spiro atoms. The Morgan fingerprint density at radius 1 is 1.15 bits per heavy atom. The van der Waals surface area contributed by atoms with Gasteiger partial charge < -0.3 is 19.7 Å². The Hall–Kier alpha value is -3.62. The minimum Gasteiger partial charge on any atom is -0.497 e. The average molecular weight is 373 g/mol. The Bertz CT molecular complexity index is 849. The summed E-state index contributed by atoms with van der Waals surface area (Å²) < 4.78 is 10.0. The third-order valence-electron chi connectivity index (χ3n) is 3.60. The summed E-state index contributed by atoms with van der Waals surface area (Å²) in [5.41, 5.74) is 0.726. The molecule has 1 N–H and O–H groups in total. The van der Waals surface area contributed by atoms with Gasteiger partial charge in [0.1, 0.15) is 5.75 Å². The zero-order valence-electron chi connectivity index (χ0n) is 15.1. The summed E-state index contributed by atoms with van der Waals surface area (Å²) in [6.07, 6.45) is 0.